The zero-order chi connectivity index (χ0) is 12.7. The van der Waals surface area contributed by atoms with Gasteiger partial charge in [0.1, 0.15) is 0 Å². The van der Waals surface area contributed by atoms with Crippen molar-refractivity contribution in [2.75, 3.05) is 20.4 Å². The van der Waals surface area contributed by atoms with E-state index in [1.807, 2.05) is 0 Å². The number of rotatable bonds is 2. The van der Waals surface area contributed by atoms with Crippen LogP contribution in [0.3, 0.4) is 0 Å². The van der Waals surface area contributed by atoms with Crippen molar-refractivity contribution < 1.29 is 9.63 Å². The van der Waals surface area contributed by atoms with Crippen LogP contribution in [0, 0.1) is 0 Å². The first-order valence-corrected chi connectivity index (χ1v) is 5.93. The second-order valence-electron chi connectivity index (χ2n) is 2.61. The summed E-state index contributed by atoms with van der Waals surface area (Å²) in [6, 6.07) is 4.66. The molecule has 0 N–H and O–H groups in total. The maximum absolute atomic E-state index is 11.5. The van der Waals surface area contributed by atoms with E-state index in [1.165, 1.54) is 20.2 Å². The van der Waals surface area contributed by atoms with Crippen LogP contribution in [-0.2, 0) is 4.84 Å². The van der Waals surface area contributed by atoms with Crippen molar-refractivity contribution in [2.45, 2.75) is 0 Å². The Morgan fingerprint density at radius 2 is 1.88 bits per heavy atom. The van der Waals surface area contributed by atoms with Crippen LogP contribution in [0.4, 0.5) is 0 Å². The highest BCUT2D eigenvalue weighted by atomic mass is 35.5. The zero-order valence-corrected chi connectivity index (χ0v) is 11.6. The fourth-order valence-corrected chi connectivity index (χ4v) is 1.19. The first-order valence-electron chi connectivity index (χ1n) is 4.28. The summed E-state index contributed by atoms with van der Waals surface area (Å²) < 4.78 is 0. The van der Waals surface area contributed by atoms with Crippen molar-refractivity contribution in [2.24, 2.45) is 0 Å². The number of benzene rings is 1. The minimum atomic E-state index is -0.272. The molecule has 0 aromatic heterocycles. The Kier molecular flexibility index (Phi) is 7.58. The molecule has 0 aliphatic rings. The lowest BCUT2D eigenvalue weighted by Crippen LogP contribution is -2.25. The van der Waals surface area contributed by atoms with Gasteiger partial charge in [-0.05, 0) is 24.5 Å². The lowest BCUT2D eigenvalue weighted by atomic mass is 10.2. The molecule has 6 heteroatoms. The molecular formula is C10H13Cl2NO2S. The number of carbonyl (C=O) groups is 1. The molecule has 1 aromatic carbocycles. The molecule has 3 nitrogen and oxygen atoms in total. The summed E-state index contributed by atoms with van der Waals surface area (Å²) in [5, 5.41) is 1.88. The quantitative estimate of drug-likeness (QED) is 0.667. The number of thiol groups is 1. The molecule has 0 radical (unpaired) electrons. The average Bonchev–Trinajstić information content (AvgIpc) is 2.33. The summed E-state index contributed by atoms with van der Waals surface area (Å²) in [6.45, 7) is 0. The third-order valence-electron chi connectivity index (χ3n) is 1.73. The van der Waals surface area contributed by atoms with E-state index in [-0.39, 0.29) is 5.91 Å². The Morgan fingerprint density at radius 3 is 2.31 bits per heavy atom. The molecule has 0 spiro atoms. The molecule has 1 amide bonds. The molecule has 0 aliphatic carbocycles. The molecule has 1 aromatic rings. The van der Waals surface area contributed by atoms with Crippen LogP contribution in [0.25, 0.3) is 0 Å². The van der Waals surface area contributed by atoms with Crippen LogP contribution in [0.5, 0.6) is 0 Å². The number of halogens is 2. The van der Waals surface area contributed by atoms with E-state index in [0.29, 0.717) is 15.6 Å². The van der Waals surface area contributed by atoms with E-state index in [2.05, 4.69) is 12.6 Å². The molecule has 0 bridgehead atoms. The number of nitrogens with zero attached hydrogens (tertiary/aromatic N) is 1. The van der Waals surface area contributed by atoms with Gasteiger partial charge in [0.15, 0.2) is 0 Å². The number of carbonyl (C=O) groups excluding carboxylic acids is 1. The second-order valence-corrected chi connectivity index (χ2v) is 3.43. The highest BCUT2D eigenvalue weighted by Crippen LogP contribution is 2.23. The van der Waals surface area contributed by atoms with Gasteiger partial charge in [-0.3, -0.25) is 9.63 Å². The fraction of sp³-hybridized carbons (Fsp3) is 0.300. The average molecular weight is 282 g/mol. The molecule has 0 fully saturated rings. The van der Waals surface area contributed by atoms with Crippen molar-refractivity contribution in [3.63, 3.8) is 0 Å². The molecule has 0 saturated carbocycles. The van der Waals surface area contributed by atoms with E-state index >= 15 is 0 Å². The monoisotopic (exact) mass is 281 g/mol. The van der Waals surface area contributed by atoms with Crippen molar-refractivity contribution in [1.29, 1.82) is 0 Å². The van der Waals surface area contributed by atoms with Gasteiger partial charge in [0.25, 0.3) is 5.91 Å². The Morgan fingerprint density at radius 1 is 1.31 bits per heavy atom. The van der Waals surface area contributed by atoms with Gasteiger partial charge in [0.2, 0.25) is 0 Å². The Bertz CT molecular complexity index is 361. The van der Waals surface area contributed by atoms with Crippen molar-refractivity contribution in [1.82, 2.24) is 5.06 Å². The van der Waals surface area contributed by atoms with Crippen molar-refractivity contribution in [3.05, 3.63) is 33.8 Å². The number of hydroxylamine groups is 2. The van der Waals surface area contributed by atoms with E-state index in [1.54, 1.807) is 18.4 Å². The maximum atomic E-state index is 11.5. The van der Waals surface area contributed by atoms with Crippen LogP contribution in [0.1, 0.15) is 10.4 Å². The summed E-state index contributed by atoms with van der Waals surface area (Å²) in [5.41, 5.74) is 0.434. The zero-order valence-electron chi connectivity index (χ0n) is 9.20. The van der Waals surface area contributed by atoms with Gasteiger partial charge in [-0.15, -0.1) is 0 Å². The smallest absolute Gasteiger partial charge is 0.274 e. The number of amides is 1. The minimum Gasteiger partial charge on any atom is -0.274 e. The molecule has 0 saturated heterocycles. The fourth-order valence-electron chi connectivity index (χ4n) is 0.894. The van der Waals surface area contributed by atoms with E-state index in [9.17, 15) is 4.79 Å². The highest BCUT2D eigenvalue weighted by molar-refractivity contribution is 7.79. The molecule has 1 rings (SSSR count). The van der Waals surface area contributed by atoms with Gasteiger partial charge in [-0.2, -0.15) is 12.6 Å². The summed E-state index contributed by atoms with van der Waals surface area (Å²) in [4.78, 5) is 16.3. The van der Waals surface area contributed by atoms with Gasteiger partial charge in [-0.1, -0.05) is 23.2 Å². The number of hydrogen-bond acceptors (Lipinski definition) is 3. The third-order valence-corrected chi connectivity index (χ3v) is 2.47. The van der Waals surface area contributed by atoms with Gasteiger partial charge >= 0.3 is 0 Å². The van der Waals surface area contributed by atoms with Crippen molar-refractivity contribution in [3.8, 4) is 0 Å². The minimum absolute atomic E-state index is 0.272. The van der Waals surface area contributed by atoms with E-state index < -0.39 is 0 Å². The Balaban J connectivity index is 0.00000106. The molecule has 16 heavy (non-hydrogen) atoms. The van der Waals surface area contributed by atoms with Gasteiger partial charge in [0.05, 0.1) is 17.2 Å². The molecule has 90 valence electrons. The van der Waals surface area contributed by atoms with Gasteiger partial charge < -0.3 is 0 Å². The van der Waals surface area contributed by atoms with Crippen LogP contribution >= 0.6 is 35.8 Å². The lowest BCUT2D eigenvalue weighted by molar-refractivity contribution is -0.0756. The Hall–Kier alpha value is -0.420. The molecule has 0 aliphatic heterocycles. The predicted molar refractivity (Wildman–Crippen MR) is 70.5 cm³/mol. The second kappa shape index (κ2) is 7.79. The largest absolute Gasteiger partial charge is 0.277 e. The van der Waals surface area contributed by atoms with Crippen LogP contribution in [-0.4, -0.2) is 31.4 Å². The molecule has 0 unspecified atom stereocenters. The third kappa shape index (κ3) is 4.22. The molecular weight excluding hydrogens is 269 g/mol. The first-order chi connectivity index (χ1) is 7.56. The van der Waals surface area contributed by atoms with Crippen LogP contribution < -0.4 is 0 Å². The standard InChI is InChI=1S/C9H9Cl2NO2.CH4S/c1-12(14-2)9(13)6-3-4-7(10)8(11)5-6;1-2/h3-5H,1-2H3;2H,1H3. The van der Waals surface area contributed by atoms with Crippen LogP contribution in [0.15, 0.2) is 18.2 Å². The van der Waals surface area contributed by atoms with E-state index in [0.717, 1.165) is 5.06 Å². The maximum Gasteiger partial charge on any atom is 0.277 e. The topological polar surface area (TPSA) is 29.5 Å². The lowest BCUT2D eigenvalue weighted by Gasteiger charge is -2.13. The molecule has 0 heterocycles. The predicted octanol–water partition coefficient (Wildman–Crippen LogP) is 3.17. The van der Waals surface area contributed by atoms with Crippen LogP contribution in [0.2, 0.25) is 10.0 Å². The van der Waals surface area contributed by atoms with Gasteiger partial charge in [0, 0.05) is 12.6 Å². The summed E-state index contributed by atoms with van der Waals surface area (Å²) >= 11 is 15.0. The highest BCUT2D eigenvalue weighted by Gasteiger charge is 2.12. The number of hydrogen-bond donors (Lipinski definition) is 1. The summed E-state index contributed by atoms with van der Waals surface area (Å²) in [5.74, 6) is -0.272. The van der Waals surface area contributed by atoms with Crippen molar-refractivity contribution >= 4 is 41.7 Å². The Labute approximate surface area is 111 Å². The first kappa shape index (κ1) is 15.6. The molecule has 0 atom stereocenters. The summed E-state index contributed by atoms with van der Waals surface area (Å²) in [7, 11) is 2.93. The van der Waals surface area contributed by atoms with E-state index in [4.69, 9.17) is 28.0 Å². The SMILES string of the molecule is CON(C)C(=O)c1ccc(Cl)c(Cl)c1.CS. The normalized spacial score (nSPS) is 9.12. The summed E-state index contributed by atoms with van der Waals surface area (Å²) in [6.07, 6.45) is 1.69. The van der Waals surface area contributed by atoms with Gasteiger partial charge in [-0.25, -0.2) is 5.06 Å².